The lowest BCUT2D eigenvalue weighted by Gasteiger charge is -2.51. The number of nitrogens with zero attached hydrogens (tertiary/aromatic N) is 1. The molecule has 1 saturated heterocycles. The highest BCUT2D eigenvalue weighted by Gasteiger charge is 2.62. The molecule has 3 nitrogen and oxygen atoms in total. The largest absolute Gasteiger partial charge is 0.274 e. The molecule has 23 heavy (non-hydrogen) atoms. The first-order valence-electron chi connectivity index (χ1n) is 8.08. The summed E-state index contributed by atoms with van der Waals surface area (Å²) in [5.41, 5.74) is 1.73. The fourth-order valence-electron chi connectivity index (χ4n) is 4.91. The zero-order valence-electron chi connectivity index (χ0n) is 12.6. The molecule has 2 fully saturated rings. The standard InChI is InChI=1S/C19H16BrNO2/c1-9-8-10(2-7-15(9)20)21-18(22)16-13-5-6-14(17(16)19(21)23)12-4-3-11(12)13/h2-8,11-14,16-17H,1H3/t11?,12?,13?,14?,16-,17+. The van der Waals surface area contributed by atoms with Gasteiger partial charge in [0.2, 0.25) is 11.8 Å². The maximum atomic E-state index is 13.0. The zero-order valence-corrected chi connectivity index (χ0v) is 14.2. The monoisotopic (exact) mass is 369 g/mol. The number of halogens is 1. The number of carbonyl (C=O) groups is 2. The second-order valence-electron chi connectivity index (χ2n) is 7.08. The highest BCUT2D eigenvalue weighted by molar-refractivity contribution is 9.10. The fourth-order valence-corrected chi connectivity index (χ4v) is 5.16. The van der Waals surface area contributed by atoms with Gasteiger partial charge in [-0.3, -0.25) is 14.5 Å². The Bertz CT molecular complexity index is 772. The Kier molecular flexibility index (Phi) is 2.65. The van der Waals surface area contributed by atoms with Crippen molar-refractivity contribution in [2.45, 2.75) is 6.92 Å². The van der Waals surface area contributed by atoms with E-state index in [0.717, 1.165) is 10.0 Å². The molecule has 5 aliphatic rings. The van der Waals surface area contributed by atoms with Crippen LogP contribution in [0.4, 0.5) is 5.69 Å². The van der Waals surface area contributed by atoms with E-state index in [0.29, 0.717) is 17.5 Å². The lowest BCUT2D eigenvalue weighted by Crippen LogP contribution is -2.50. The average Bonchev–Trinajstić information content (AvgIpc) is 2.75. The van der Waals surface area contributed by atoms with Crippen molar-refractivity contribution < 1.29 is 9.59 Å². The van der Waals surface area contributed by atoms with Crippen LogP contribution in [0.2, 0.25) is 0 Å². The van der Waals surface area contributed by atoms with Crippen LogP contribution in [0.15, 0.2) is 47.0 Å². The Hall–Kier alpha value is -1.68. The molecule has 2 amide bonds. The van der Waals surface area contributed by atoms with Crippen molar-refractivity contribution in [2.75, 3.05) is 4.90 Å². The number of hydrogen-bond acceptors (Lipinski definition) is 2. The summed E-state index contributed by atoms with van der Waals surface area (Å²) in [7, 11) is 0. The van der Waals surface area contributed by atoms with Crippen LogP contribution in [-0.4, -0.2) is 11.8 Å². The van der Waals surface area contributed by atoms with Crippen LogP contribution < -0.4 is 4.90 Å². The third-order valence-electron chi connectivity index (χ3n) is 6.07. The van der Waals surface area contributed by atoms with Crippen LogP contribution in [0.1, 0.15) is 5.56 Å². The summed E-state index contributed by atoms with van der Waals surface area (Å²) in [6.07, 6.45) is 8.79. The number of aryl methyl sites for hydroxylation is 1. The van der Waals surface area contributed by atoms with Crippen LogP contribution in [0.25, 0.3) is 0 Å². The first-order chi connectivity index (χ1) is 11.1. The SMILES string of the molecule is Cc1cc(N2C(=O)[C@@H]3C4C=CC(C5C=CC54)[C@@H]3C2=O)ccc1Br. The van der Waals surface area contributed by atoms with Crippen LogP contribution in [0, 0.1) is 42.4 Å². The quantitative estimate of drug-likeness (QED) is 0.561. The number of benzene rings is 1. The second kappa shape index (κ2) is 4.44. The van der Waals surface area contributed by atoms with Gasteiger partial charge in [-0.15, -0.1) is 0 Å². The van der Waals surface area contributed by atoms with E-state index in [1.807, 2.05) is 25.1 Å². The topological polar surface area (TPSA) is 37.4 Å². The van der Waals surface area contributed by atoms with E-state index in [1.54, 1.807) is 0 Å². The molecule has 1 saturated carbocycles. The average molecular weight is 370 g/mol. The van der Waals surface area contributed by atoms with Gasteiger partial charge in [-0.1, -0.05) is 40.2 Å². The lowest BCUT2D eigenvalue weighted by molar-refractivity contribution is -0.127. The molecule has 6 atom stereocenters. The number of imide groups is 1. The van der Waals surface area contributed by atoms with Crippen LogP contribution in [0.3, 0.4) is 0 Å². The molecule has 0 spiro atoms. The van der Waals surface area contributed by atoms with Gasteiger partial charge in [0, 0.05) is 4.47 Å². The van der Waals surface area contributed by atoms with Gasteiger partial charge in [-0.25, -0.2) is 0 Å². The van der Waals surface area contributed by atoms with Crippen LogP contribution in [-0.2, 0) is 9.59 Å². The predicted molar refractivity (Wildman–Crippen MR) is 90.6 cm³/mol. The Labute approximate surface area is 143 Å². The summed E-state index contributed by atoms with van der Waals surface area (Å²) >= 11 is 3.48. The third kappa shape index (κ3) is 1.60. The molecular weight excluding hydrogens is 354 g/mol. The van der Waals surface area contributed by atoms with Gasteiger partial charge in [0.25, 0.3) is 0 Å². The highest BCUT2D eigenvalue weighted by atomic mass is 79.9. The molecule has 1 aromatic carbocycles. The van der Waals surface area contributed by atoms with Crippen molar-refractivity contribution in [3.8, 4) is 0 Å². The van der Waals surface area contributed by atoms with E-state index < -0.39 is 0 Å². The minimum absolute atomic E-state index is 0.0141. The molecule has 4 unspecified atom stereocenters. The molecule has 4 aliphatic carbocycles. The number of rotatable bonds is 1. The van der Waals surface area contributed by atoms with E-state index in [4.69, 9.17) is 0 Å². The van der Waals surface area contributed by atoms with Gasteiger partial charge < -0.3 is 0 Å². The number of anilines is 1. The third-order valence-corrected chi connectivity index (χ3v) is 6.96. The van der Waals surface area contributed by atoms with E-state index in [-0.39, 0.29) is 35.5 Å². The zero-order chi connectivity index (χ0) is 15.9. The van der Waals surface area contributed by atoms with Gasteiger partial charge in [-0.2, -0.15) is 0 Å². The minimum Gasteiger partial charge on any atom is -0.274 e. The molecule has 0 radical (unpaired) electrons. The number of amides is 2. The van der Waals surface area contributed by atoms with E-state index in [2.05, 4.69) is 40.2 Å². The summed E-state index contributed by atoms with van der Waals surface area (Å²) < 4.78 is 0.988. The van der Waals surface area contributed by atoms with Crippen LogP contribution >= 0.6 is 15.9 Å². The van der Waals surface area contributed by atoms with Gasteiger partial charge >= 0.3 is 0 Å². The smallest absolute Gasteiger partial charge is 0.238 e. The molecule has 0 N–H and O–H groups in total. The van der Waals surface area contributed by atoms with Gasteiger partial charge in [-0.05, 0) is 54.4 Å². The molecule has 0 aromatic heterocycles. The molecule has 116 valence electrons. The molecule has 4 heteroatoms. The van der Waals surface area contributed by atoms with E-state index >= 15 is 0 Å². The molecule has 1 aliphatic heterocycles. The van der Waals surface area contributed by atoms with E-state index in [9.17, 15) is 9.59 Å². The maximum absolute atomic E-state index is 13.0. The lowest BCUT2D eigenvalue weighted by atomic mass is 9.50. The Morgan fingerprint density at radius 3 is 1.87 bits per heavy atom. The van der Waals surface area contributed by atoms with Crippen molar-refractivity contribution >= 4 is 33.4 Å². The molecule has 2 bridgehead atoms. The van der Waals surface area contributed by atoms with Crippen molar-refractivity contribution in [3.05, 3.63) is 52.5 Å². The first-order valence-corrected chi connectivity index (χ1v) is 8.88. The van der Waals surface area contributed by atoms with Gasteiger partial charge in [0.05, 0.1) is 17.5 Å². The second-order valence-corrected chi connectivity index (χ2v) is 7.93. The molecular formula is C19H16BrNO2. The fraction of sp³-hybridized carbons (Fsp3) is 0.368. The normalized spacial score (nSPS) is 39.5. The first kappa shape index (κ1) is 13.7. The van der Waals surface area contributed by atoms with Gasteiger partial charge in [0.15, 0.2) is 0 Å². The Morgan fingerprint density at radius 1 is 0.870 bits per heavy atom. The van der Waals surface area contributed by atoms with E-state index in [1.165, 1.54) is 4.90 Å². The van der Waals surface area contributed by atoms with Crippen molar-refractivity contribution in [1.29, 1.82) is 0 Å². The van der Waals surface area contributed by atoms with Crippen LogP contribution in [0.5, 0.6) is 0 Å². The summed E-state index contributed by atoms with van der Waals surface area (Å²) in [4.78, 5) is 27.5. The number of carbonyl (C=O) groups excluding carboxylic acids is 2. The predicted octanol–water partition coefficient (Wildman–Crippen LogP) is 3.48. The summed E-state index contributed by atoms with van der Waals surface area (Å²) in [5.74, 6) is 0.917. The van der Waals surface area contributed by atoms with Crippen molar-refractivity contribution in [1.82, 2.24) is 0 Å². The molecule has 1 aromatic rings. The van der Waals surface area contributed by atoms with Crippen molar-refractivity contribution in [2.24, 2.45) is 35.5 Å². The minimum atomic E-state index is -0.173. The summed E-state index contributed by atoms with van der Waals surface area (Å²) in [6, 6.07) is 5.68. The van der Waals surface area contributed by atoms with Gasteiger partial charge in [0.1, 0.15) is 0 Å². The number of allylic oxidation sites excluding steroid dienone is 4. The Morgan fingerprint density at radius 2 is 1.39 bits per heavy atom. The number of hydrogen-bond donors (Lipinski definition) is 0. The summed E-state index contributed by atoms with van der Waals surface area (Å²) in [5, 5.41) is 0. The molecule has 6 rings (SSSR count). The van der Waals surface area contributed by atoms with Crippen molar-refractivity contribution in [3.63, 3.8) is 0 Å². The maximum Gasteiger partial charge on any atom is 0.238 e. The highest BCUT2D eigenvalue weighted by Crippen LogP contribution is 2.59. The Balaban J connectivity index is 1.59. The summed E-state index contributed by atoms with van der Waals surface area (Å²) in [6.45, 7) is 1.97. The molecule has 1 heterocycles.